The molecule has 21 heavy (non-hydrogen) atoms. The average molecular weight is 310 g/mol. The van der Waals surface area contributed by atoms with Gasteiger partial charge in [0, 0.05) is 0 Å². The van der Waals surface area contributed by atoms with Gasteiger partial charge in [-0.3, -0.25) is 9.59 Å². The van der Waals surface area contributed by atoms with Crippen LogP contribution in [0.15, 0.2) is 0 Å². The lowest BCUT2D eigenvalue weighted by Gasteiger charge is -2.25. The Morgan fingerprint density at radius 1 is 0.762 bits per heavy atom. The zero-order valence-corrected chi connectivity index (χ0v) is 10.6. The van der Waals surface area contributed by atoms with E-state index in [-0.39, 0.29) is 0 Å². The van der Waals surface area contributed by atoms with Gasteiger partial charge in [-0.05, 0) is 0 Å². The first kappa shape index (κ1) is 18.9. The van der Waals surface area contributed by atoms with Crippen LogP contribution in [-0.4, -0.2) is 78.9 Å². The van der Waals surface area contributed by atoms with Crippen molar-refractivity contribution in [3.05, 3.63) is 0 Å². The summed E-state index contributed by atoms with van der Waals surface area (Å²) in [5.41, 5.74) is -5.91. The number of hydrogen-bond acceptors (Lipinski definition) is 9. The molecule has 0 radical (unpaired) electrons. The minimum absolute atomic E-state index is 1.30. The molecule has 120 valence electrons. The highest BCUT2D eigenvalue weighted by Gasteiger charge is 2.46. The maximum absolute atomic E-state index is 11.4. The number of carbonyl (C=O) groups is 4. The molecule has 2 atom stereocenters. The fourth-order valence-electron chi connectivity index (χ4n) is 1.16. The number of esters is 2. The summed E-state index contributed by atoms with van der Waals surface area (Å²) in [5.74, 6) is -7.21. The Hall–Kier alpha value is -2.08. The van der Waals surface area contributed by atoms with Crippen molar-refractivity contribution in [2.75, 3.05) is 13.2 Å². The highest BCUT2D eigenvalue weighted by Crippen LogP contribution is 2.17. The summed E-state index contributed by atoms with van der Waals surface area (Å²) in [6, 6.07) is 0. The van der Waals surface area contributed by atoms with Crippen LogP contribution in [0.25, 0.3) is 0 Å². The van der Waals surface area contributed by atoms with Crippen LogP contribution in [0.1, 0.15) is 12.8 Å². The summed E-state index contributed by atoms with van der Waals surface area (Å²) < 4.78 is 3.94. The van der Waals surface area contributed by atoms with E-state index in [2.05, 4.69) is 4.74 Å². The quantitative estimate of drug-likeness (QED) is 0.191. The van der Waals surface area contributed by atoms with E-state index in [1.165, 1.54) is 0 Å². The van der Waals surface area contributed by atoms with Gasteiger partial charge >= 0.3 is 23.9 Å². The van der Waals surface area contributed by atoms with E-state index in [0.29, 0.717) is 0 Å². The molecule has 0 aromatic rings. The normalized spacial score (nSPS) is 16.4. The number of hydrogen-bond donors (Lipinski definition) is 6. The highest BCUT2D eigenvalue weighted by atomic mass is 16.6. The molecule has 0 aromatic heterocycles. The van der Waals surface area contributed by atoms with Crippen LogP contribution in [0.4, 0.5) is 0 Å². The van der Waals surface area contributed by atoms with Crippen LogP contribution < -0.4 is 0 Å². The number of rotatable bonds is 8. The summed E-state index contributed by atoms with van der Waals surface area (Å²) >= 11 is 0. The van der Waals surface area contributed by atoms with Crippen molar-refractivity contribution < 1.29 is 54.6 Å². The van der Waals surface area contributed by atoms with Crippen LogP contribution in [0.2, 0.25) is 0 Å². The van der Waals surface area contributed by atoms with Gasteiger partial charge in [0.05, 0.1) is 26.1 Å². The van der Waals surface area contributed by atoms with Crippen molar-refractivity contribution in [2.45, 2.75) is 24.0 Å². The van der Waals surface area contributed by atoms with Gasteiger partial charge in [0.25, 0.3) is 0 Å². The number of ether oxygens (including phenoxy) is 1. The zero-order chi connectivity index (χ0) is 16.8. The van der Waals surface area contributed by atoms with Gasteiger partial charge in [0.15, 0.2) is 11.2 Å². The van der Waals surface area contributed by atoms with Crippen LogP contribution in [-0.2, 0) is 23.9 Å². The smallest absolute Gasteiger partial charge is 0.348 e. The average Bonchev–Trinajstić information content (AvgIpc) is 2.36. The van der Waals surface area contributed by atoms with Gasteiger partial charge in [-0.2, -0.15) is 0 Å². The fourth-order valence-corrected chi connectivity index (χ4v) is 1.16. The minimum atomic E-state index is -2.96. The summed E-state index contributed by atoms with van der Waals surface area (Å²) in [5, 5.41) is 53.5. The van der Waals surface area contributed by atoms with Crippen molar-refractivity contribution in [3.8, 4) is 0 Å². The molecule has 0 rings (SSSR count). The molecule has 11 nitrogen and oxygen atoms in total. The van der Waals surface area contributed by atoms with E-state index in [9.17, 15) is 29.4 Å². The van der Waals surface area contributed by atoms with Crippen molar-refractivity contribution in [1.29, 1.82) is 0 Å². The minimum Gasteiger partial charge on any atom is -0.481 e. The first-order valence-electron chi connectivity index (χ1n) is 5.37. The molecule has 0 bridgehead atoms. The fraction of sp³-hybridized carbons (Fsp3) is 0.600. The summed E-state index contributed by atoms with van der Waals surface area (Å²) in [7, 11) is 0. The topological polar surface area (TPSA) is 199 Å². The first-order valence-corrected chi connectivity index (χ1v) is 5.37. The molecule has 0 spiro atoms. The highest BCUT2D eigenvalue weighted by molar-refractivity contribution is 5.96. The number of carbonyl (C=O) groups excluding carboxylic acids is 2. The predicted molar refractivity (Wildman–Crippen MR) is 59.7 cm³/mol. The Balaban J connectivity index is 5.09. The van der Waals surface area contributed by atoms with E-state index in [4.69, 9.17) is 20.4 Å². The number of carboxylic acid groups (broad SMARTS) is 2. The van der Waals surface area contributed by atoms with E-state index < -0.39 is 61.1 Å². The second-order valence-electron chi connectivity index (χ2n) is 4.20. The first-order chi connectivity index (χ1) is 9.50. The number of aliphatic hydroxyl groups excluding tert-OH is 2. The largest absolute Gasteiger partial charge is 0.481 e. The van der Waals surface area contributed by atoms with Crippen molar-refractivity contribution >= 4 is 23.9 Å². The lowest BCUT2D eigenvalue weighted by molar-refractivity contribution is -0.193. The Bertz CT molecular complexity index is 404. The molecule has 0 saturated carbocycles. The van der Waals surface area contributed by atoms with Crippen molar-refractivity contribution in [1.82, 2.24) is 0 Å². The third kappa shape index (κ3) is 5.07. The summed E-state index contributed by atoms with van der Waals surface area (Å²) in [4.78, 5) is 43.7. The third-order valence-electron chi connectivity index (χ3n) is 2.36. The lowest BCUT2D eigenvalue weighted by Crippen LogP contribution is -2.51. The summed E-state index contributed by atoms with van der Waals surface area (Å²) in [6.45, 7) is -2.80. The van der Waals surface area contributed by atoms with E-state index >= 15 is 0 Å². The van der Waals surface area contributed by atoms with Crippen LogP contribution in [0.5, 0.6) is 0 Å². The van der Waals surface area contributed by atoms with Gasteiger partial charge in [-0.15, -0.1) is 0 Å². The molecule has 0 aliphatic rings. The van der Waals surface area contributed by atoms with E-state index in [1.807, 2.05) is 0 Å². The molecule has 0 aromatic carbocycles. The third-order valence-corrected chi connectivity index (χ3v) is 2.36. The van der Waals surface area contributed by atoms with Gasteiger partial charge < -0.3 is 35.4 Å². The molecule has 0 aliphatic heterocycles. The molecule has 0 saturated heterocycles. The molecular formula is C10H14O11. The maximum Gasteiger partial charge on any atom is 0.348 e. The second kappa shape index (κ2) is 7.08. The van der Waals surface area contributed by atoms with Gasteiger partial charge in [0.1, 0.15) is 0 Å². The van der Waals surface area contributed by atoms with E-state index in [1.54, 1.807) is 0 Å². The lowest BCUT2D eigenvalue weighted by atomic mass is 9.99. The van der Waals surface area contributed by atoms with Crippen LogP contribution in [0, 0.1) is 0 Å². The standard InChI is InChI=1S/C10H14O11/c11-3-9(19,1-5(13)14)7(17)21-8(18)10(20,4-12)2-6(15)16/h11-12,19-20H,1-4H2,(H,13,14)(H,15,16). The predicted octanol–water partition coefficient (Wildman–Crippen LogP) is -3.55. The molecule has 11 heteroatoms. The zero-order valence-electron chi connectivity index (χ0n) is 10.6. The Kier molecular flexibility index (Phi) is 6.38. The Morgan fingerprint density at radius 2 is 1.05 bits per heavy atom. The molecule has 0 amide bonds. The van der Waals surface area contributed by atoms with Crippen LogP contribution in [0.3, 0.4) is 0 Å². The molecular weight excluding hydrogens is 296 g/mol. The number of aliphatic carboxylic acids is 2. The monoisotopic (exact) mass is 310 g/mol. The van der Waals surface area contributed by atoms with E-state index in [0.717, 1.165) is 0 Å². The molecule has 0 fully saturated rings. The summed E-state index contributed by atoms with van der Waals surface area (Å²) in [6.07, 6.45) is -2.60. The number of aliphatic hydroxyl groups is 4. The van der Waals surface area contributed by atoms with Gasteiger partial charge in [-0.1, -0.05) is 0 Å². The molecule has 0 heterocycles. The number of carboxylic acids is 2. The molecule has 0 aliphatic carbocycles. The SMILES string of the molecule is O=C(O)CC(O)(CO)C(=O)OC(=O)C(O)(CO)CC(=O)O. The van der Waals surface area contributed by atoms with Gasteiger partial charge in [-0.25, -0.2) is 9.59 Å². The second-order valence-corrected chi connectivity index (χ2v) is 4.20. The van der Waals surface area contributed by atoms with Crippen molar-refractivity contribution in [2.24, 2.45) is 0 Å². The van der Waals surface area contributed by atoms with Crippen LogP contribution >= 0.6 is 0 Å². The molecule has 6 N–H and O–H groups in total. The Morgan fingerprint density at radius 3 is 1.24 bits per heavy atom. The van der Waals surface area contributed by atoms with Crippen molar-refractivity contribution in [3.63, 3.8) is 0 Å². The maximum atomic E-state index is 11.4. The Labute approximate surface area is 117 Å². The molecule has 2 unspecified atom stereocenters. The van der Waals surface area contributed by atoms with Gasteiger partial charge in [0.2, 0.25) is 0 Å².